The molecule has 1 heterocycles. The molecule has 2 rings (SSSR count). The second kappa shape index (κ2) is 8.42. The number of carbonyl (C=O) groups is 2. The van der Waals surface area contributed by atoms with Crippen molar-refractivity contribution in [2.45, 2.75) is 25.9 Å². The first-order chi connectivity index (χ1) is 11.0. The molecule has 0 unspecified atom stereocenters. The highest BCUT2D eigenvalue weighted by Crippen LogP contribution is 2.14. The van der Waals surface area contributed by atoms with Gasteiger partial charge in [-0.1, -0.05) is 28.1 Å². The van der Waals surface area contributed by atoms with Gasteiger partial charge in [-0.2, -0.15) is 5.10 Å². The number of aromatic nitrogens is 3. The van der Waals surface area contributed by atoms with Crippen molar-refractivity contribution in [1.82, 2.24) is 19.7 Å². The standard InChI is InChI=1S/C15H17BrN4O3/c16-13-3-1-2-12(8-13)9-19(6-5-15(22)23)14(21)4-7-20-11-17-10-18-20/h1-3,8,10-11H,4-7,9H2,(H,22,23). The molecule has 0 bridgehead atoms. The maximum atomic E-state index is 12.4. The van der Waals surface area contributed by atoms with Gasteiger partial charge in [0, 0.05) is 24.0 Å². The minimum atomic E-state index is -0.923. The van der Waals surface area contributed by atoms with Gasteiger partial charge < -0.3 is 10.0 Å². The summed E-state index contributed by atoms with van der Waals surface area (Å²) in [5, 5.41) is 12.8. The minimum absolute atomic E-state index is 0.0803. The van der Waals surface area contributed by atoms with Crippen LogP contribution in [0, 0.1) is 0 Å². The monoisotopic (exact) mass is 380 g/mol. The second-order valence-electron chi connectivity index (χ2n) is 5.00. The van der Waals surface area contributed by atoms with E-state index in [2.05, 4.69) is 26.0 Å². The van der Waals surface area contributed by atoms with Crippen molar-refractivity contribution >= 4 is 27.8 Å². The highest BCUT2D eigenvalue weighted by atomic mass is 79.9. The molecule has 122 valence electrons. The molecule has 23 heavy (non-hydrogen) atoms. The molecule has 0 aliphatic heterocycles. The van der Waals surface area contributed by atoms with E-state index < -0.39 is 5.97 Å². The number of carbonyl (C=O) groups excluding carboxylic acids is 1. The van der Waals surface area contributed by atoms with Gasteiger partial charge in [0.1, 0.15) is 12.7 Å². The number of halogens is 1. The Balaban J connectivity index is 2.00. The molecule has 1 N–H and O–H groups in total. The molecule has 2 aromatic rings. The lowest BCUT2D eigenvalue weighted by Crippen LogP contribution is -2.33. The SMILES string of the molecule is O=C(O)CCN(Cc1cccc(Br)c1)C(=O)CCn1cncn1. The summed E-state index contributed by atoms with van der Waals surface area (Å²) < 4.78 is 2.50. The maximum absolute atomic E-state index is 12.4. The van der Waals surface area contributed by atoms with Gasteiger partial charge in [-0.3, -0.25) is 14.3 Å². The first-order valence-electron chi connectivity index (χ1n) is 7.11. The lowest BCUT2D eigenvalue weighted by atomic mass is 10.2. The van der Waals surface area contributed by atoms with Crippen LogP contribution in [0.1, 0.15) is 18.4 Å². The van der Waals surface area contributed by atoms with Crippen molar-refractivity contribution in [3.8, 4) is 0 Å². The van der Waals surface area contributed by atoms with Gasteiger partial charge in [-0.15, -0.1) is 0 Å². The van der Waals surface area contributed by atoms with E-state index in [9.17, 15) is 9.59 Å². The third-order valence-electron chi connectivity index (χ3n) is 3.23. The Bertz CT molecular complexity index is 661. The molecule has 0 aliphatic rings. The van der Waals surface area contributed by atoms with Gasteiger partial charge in [-0.25, -0.2) is 4.98 Å². The fraction of sp³-hybridized carbons (Fsp3) is 0.333. The van der Waals surface area contributed by atoms with Crippen LogP contribution in [0.2, 0.25) is 0 Å². The minimum Gasteiger partial charge on any atom is -0.481 e. The number of carboxylic acid groups (broad SMARTS) is 1. The topological polar surface area (TPSA) is 88.3 Å². The predicted octanol–water partition coefficient (Wildman–Crippen LogP) is 1.93. The smallest absolute Gasteiger partial charge is 0.305 e. The van der Waals surface area contributed by atoms with Gasteiger partial charge in [0.15, 0.2) is 0 Å². The van der Waals surface area contributed by atoms with E-state index in [1.165, 1.54) is 6.33 Å². The number of amides is 1. The van der Waals surface area contributed by atoms with E-state index in [-0.39, 0.29) is 25.3 Å². The Morgan fingerprint density at radius 2 is 2.13 bits per heavy atom. The molecule has 0 saturated heterocycles. The number of benzene rings is 1. The third kappa shape index (κ3) is 5.82. The van der Waals surface area contributed by atoms with Gasteiger partial charge >= 0.3 is 5.97 Å². The third-order valence-corrected chi connectivity index (χ3v) is 3.73. The number of hydrogen-bond acceptors (Lipinski definition) is 4. The summed E-state index contributed by atoms with van der Waals surface area (Å²) in [5.41, 5.74) is 0.943. The van der Waals surface area contributed by atoms with Gasteiger partial charge in [0.25, 0.3) is 0 Å². The van der Waals surface area contributed by atoms with Crippen LogP contribution in [0.25, 0.3) is 0 Å². The van der Waals surface area contributed by atoms with Gasteiger partial charge in [-0.05, 0) is 17.7 Å². The normalized spacial score (nSPS) is 10.5. The summed E-state index contributed by atoms with van der Waals surface area (Å²) in [6.45, 7) is 0.974. The first kappa shape index (κ1) is 17.1. The zero-order valence-electron chi connectivity index (χ0n) is 12.4. The van der Waals surface area contributed by atoms with Crippen molar-refractivity contribution in [2.24, 2.45) is 0 Å². The molecule has 7 nitrogen and oxygen atoms in total. The molecule has 8 heteroatoms. The molecule has 1 aromatic heterocycles. The average Bonchev–Trinajstić information content (AvgIpc) is 3.02. The number of rotatable bonds is 8. The number of aliphatic carboxylic acids is 1. The van der Waals surface area contributed by atoms with E-state index in [1.807, 2.05) is 24.3 Å². The number of nitrogens with zero attached hydrogens (tertiary/aromatic N) is 4. The summed E-state index contributed by atoms with van der Waals surface area (Å²) >= 11 is 3.39. The Morgan fingerprint density at radius 1 is 1.30 bits per heavy atom. The van der Waals surface area contributed by atoms with Crippen molar-refractivity contribution in [3.05, 3.63) is 47.0 Å². The number of carboxylic acids is 1. The largest absolute Gasteiger partial charge is 0.481 e. The summed E-state index contributed by atoms with van der Waals surface area (Å²) in [5.74, 6) is -1.03. The molecule has 1 aromatic carbocycles. The molecular weight excluding hydrogens is 364 g/mol. The second-order valence-corrected chi connectivity index (χ2v) is 5.91. The van der Waals surface area contributed by atoms with Crippen molar-refractivity contribution in [1.29, 1.82) is 0 Å². The van der Waals surface area contributed by atoms with E-state index in [0.717, 1.165) is 10.0 Å². The predicted molar refractivity (Wildman–Crippen MR) is 86.5 cm³/mol. The number of hydrogen-bond donors (Lipinski definition) is 1. The molecule has 0 radical (unpaired) electrons. The maximum Gasteiger partial charge on any atom is 0.305 e. The number of aryl methyl sites for hydroxylation is 1. The van der Waals surface area contributed by atoms with Crippen molar-refractivity contribution in [2.75, 3.05) is 6.54 Å². The Kier molecular flexibility index (Phi) is 6.28. The van der Waals surface area contributed by atoms with Gasteiger partial charge in [0.2, 0.25) is 5.91 Å². The van der Waals surface area contributed by atoms with Crippen LogP contribution < -0.4 is 0 Å². The molecule has 0 aliphatic carbocycles. The average molecular weight is 381 g/mol. The van der Waals surface area contributed by atoms with E-state index >= 15 is 0 Å². The first-order valence-corrected chi connectivity index (χ1v) is 7.90. The van der Waals surface area contributed by atoms with Gasteiger partial charge in [0.05, 0.1) is 13.0 Å². The summed E-state index contributed by atoms with van der Waals surface area (Å²) in [7, 11) is 0. The van der Waals surface area contributed by atoms with E-state index in [1.54, 1.807) is 15.9 Å². The Morgan fingerprint density at radius 3 is 2.78 bits per heavy atom. The van der Waals surface area contributed by atoms with Crippen LogP contribution in [0.5, 0.6) is 0 Å². The van der Waals surface area contributed by atoms with Crippen LogP contribution in [0.3, 0.4) is 0 Å². The van der Waals surface area contributed by atoms with E-state index in [4.69, 9.17) is 5.11 Å². The van der Waals surface area contributed by atoms with Crippen molar-refractivity contribution in [3.63, 3.8) is 0 Å². The molecule has 1 amide bonds. The lowest BCUT2D eigenvalue weighted by Gasteiger charge is -2.22. The van der Waals surface area contributed by atoms with Crippen LogP contribution in [0.4, 0.5) is 0 Å². The van der Waals surface area contributed by atoms with Crippen LogP contribution in [-0.2, 0) is 22.7 Å². The molecule has 0 saturated carbocycles. The van der Waals surface area contributed by atoms with Crippen molar-refractivity contribution < 1.29 is 14.7 Å². The summed E-state index contributed by atoms with van der Waals surface area (Å²) in [6, 6.07) is 7.61. The van der Waals surface area contributed by atoms with Crippen LogP contribution in [-0.4, -0.2) is 43.2 Å². The van der Waals surface area contributed by atoms with E-state index in [0.29, 0.717) is 13.1 Å². The quantitative estimate of drug-likeness (QED) is 0.755. The zero-order valence-corrected chi connectivity index (χ0v) is 14.0. The molecule has 0 fully saturated rings. The summed E-state index contributed by atoms with van der Waals surface area (Å²) in [6.07, 6.45) is 3.12. The Labute approximate surface area is 142 Å². The summed E-state index contributed by atoms with van der Waals surface area (Å²) in [4.78, 5) is 28.6. The zero-order chi connectivity index (χ0) is 16.7. The molecule has 0 atom stereocenters. The highest BCUT2D eigenvalue weighted by Gasteiger charge is 2.15. The lowest BCUT2D eigenvalue weighted by molar-refractivity contribution is -0.138. The highest BCUT2D eigenvalue weighted by molar-refractivity contribution is 9.10. The van der Waals surface area contributed by atoms with Crippen LogP contribution in [0.15, 0.2) is 41.4 Å². The Hall–Kier alpha value is -2.22. The van der Waals surface area contributed by atoms with Crippen LogP contribution >= 0.6 is 15.9 Å². The molecule has 0 spiro atoms. The molecular formula is C15H17BrN4O3. The fourth-order valence-corrected chi connectivity index (χ4v) is 2.54. The fourth-order valence-electron chi connectivity index (χ4n) is 2.09.